The van der Waals surface area contributed by atoms with Gasteiger partial charge in [0.15, 0.2) is 5.82 Å². The van der Waals surface area contributed by atoms with E-state index in [0.29, 0.717) is 31.9 Å². The molecule has 0 fully saturated rings. The van der Waals surface area contributed by atoms with Crippen LogP contribution in [0.25, 0.3) is 11.4 Å². The first-order valence-corrected chi connectivity index (χ1v) is 6.84. The van der Waals surface area contributed by atoms with E-state index in [1.807, 2.05) is 41.3 Å². The molecule has 1 aromatic carbocycles. The van der Waals surface area contributed by atoms with Gasteiger partial charge < -0.3 is 9.64 Å². The van der Waals surface area contributed by atoms with Crippen molar-refractivity contribution in [3.8, 4) is 17.5 Å². The molecule has 0 saturated heterocycles. The molecule has 0 unspecified atom stereocenters. The third kappa shape index (κ3) is 4.26. The molecule has 108 valence electrons. The monoisotopic (exact) mass is 282 g/mol. The van der Waals surface area contributed by atoms with Gasteiger partial charge >= 0.3 is 0 Å². The Kier molecular flexibility index (Phi) is 5.68. The van der Waals surface area contributed by atoms with Crippen molar-refractivity contribution in [2.24, 2.45) is 0 Å². The van der Waals surface area contributed by atoms with Gasteiger partial charge in [0, 0.05) is 32.0 Å². The van der Waals surface area contributed by atoms with Gasteiger partial charge in [0.2, 0.25) is 0 Å². The van der Waals surface area contributed by atoms with Crippen LogP contribution < -0.4 is 4.90 Å². The number of rotatable bonds is 7. The quantitative estimate of drug-likeness (QED) is 0.781. The molecule has 0 bridgehead atoms. The lowest BCUT2D eigenvalue weighted by Crippen LogP contribution is -2.29. The second-order valence-corrected chi connectivity index (χ2v) is 4.49. The van der Waals surface area contributed by atoms with Gasteiger partial charge in [0.1, 0.15) is 5.82 Å². The molecule has 0 aliphatic carbocycles. The van der Waals surface area contributed by atoms with E-state index < -0.39 is 0 Å². The molecule has 0 saturated carbocycles. The van der Waals surface area contributed by atoms with Gasteiger partial charge in [0.25, 0.3) is 0 Å². The Labute approximate surface area is 124 Å². The van der Waals surface area contributed by atoms with Gasteiger partial charge in [-0.15, -0.1) is 0 Å². The summed E-state index contributed by atoms with van der Waals surface area (Å²) in [5.41, 5.74) is 0.978. The Morgan fingerprint density at radius 2 is 2.00 bits per heavy atom. The number of hydrogen-bond donors (Lipinski definition) is 0. The number of methoxy groups -OCH3 is 1. The fourth-order valence-electron chi connectivity index (χ4n) is 1.98. The molecule has 0 aliphatic heterocycles. The molecule has 5 nitrogen and oxygen atoms in total. The normalized spacial score (nSPS) is 10.1. The summed E-state index contributed by atoms with van der Waals surface area (Å²) in [6.45, 7) is 1.92. The van der Waals surface area contributed by atoms with Crippen LogP contribution in [0.2, 0.25) is 0 Å². The van der Waals surface area contributed by atoms with Gasteiger partial charge in [-0.05, 0) is 6.07 Å². The Bertz CT molecular complexity index is 595. The van der Waals surface area contributed by atoms with Crippen LogP contribution in [0.1, 0.15) is 6.42 Å². The van der Waals surface area contributed by atoms with E-state index in [4.69, 9.17) is 10.00 Å². The number of anilines is 1. The number of nitriles is 1. The van der Waals surface area contributed by atoms with Crippen molar-refractivity contribution < 1.29 is 4.74 Å². The SMILES string of the molecule is COCCN(CCC#N)c1ccnc(-c2ccccc2)n1. The van der Waals surface area contributed by atoms with Crippen LogP contribution in [-0.4, -0.2) is 36.8 Å². The van der Waals surface area contributed by atoms with Crippen LogP contribution in [0.3, 0.4) is 0 Å². The van der Waals surface area contributed by atoms with Crippen LogP contribution in [-0.2, 0) is 4.74 Å². The minimum absolute atomic E-state index is 0.453. The number of hydrogen-bond acceptors (Lipinski definition) is 5. The maximum absolute atomic E-state index is 8.78. The highest BCUT2D eigenvalue weighted by Crippen LogP contribution is 2.18. The zero-order chi connectivity index (χ0) is 14.9. The first-order valence-electron chi connectivity index (χ1n) is 6.84. The van der Waals surface area contributed by atoms with Gasteiger partial charge in [-0.25, -0.2) is 9.97 Å². The number of benzene rings is 1. The Balaban J connectivity index is 2.22. The molecule has 21 heavy (non-hydrogen) atoms. The highest BCUT2D eigenvalue weighted by atomic mass is 16.5. The van der Waals surface area contributed by atoms with Crippen LogP contribution in [0.5, 0.6) is 0 Å². The van der Waals surface area contributed by atoms with Gasteiger partial charge in [-0.1, -0.05) is 30.3 Å². The summed E-state index contributed by atoms with van der Waals surface area (Å²) in [4.78, 5) is 11.0. The van der Waals surface area contributed by atoms with E-state index in [2.05, 4.69) is 16.0 Å². The summed E-state index contributed by atoms with van der Waals surface area (Å²) in [6, 6.07) is 13.9. The summed E-state index contributed by atoms with van der Waals surface area (Å²) in [5.74, 6) is 1.50. The van der Waals surface area contributed by atoms with Crippen molar-refractivity contribution in [1.82, 2.24) is 9.97 Å². The zero-order valence-electron chi connectivity index (χ0n) is 12.1. The van der Waals surface area contributed by atoms with E-state index >= 15 is 0 Å². The first kappa shape index (κ1) is 14.9. The third-order valence-corrected chi connectivity index (χ3v) is 3.06. The lowest BCUT2D eigenvalue weighted by Gasteiger charge is -2.22. The first-order chi connectivity index (χ1) is 10.3. The smallest absolute Gasteiger partial charge is 0.161 e. The van der Waals surface area contributed by atoms with Gasteiger partial charge in [-0.3, -0.25) is 0 Å². The molecule has 1 heterocycles. The second kappa shape index (κ2) is 7.98. The zero-order valence-corrected chi connectivity index (χ0v) is 12.1. The highest BCUT2D eigenvalue weighted by molar-refractivity contribution is 5.56. The molecule has 5 heteroatoms. The summed E-state index contributed by atoms with van der Waals surface area (Å²) in [5, 5.41) is 8.78. The van der Waals surface area contributed by atoms with E-state index in [-0.39, 0.29) is 0 Å². The van der Waals surface area contributed by atoms with Crippen LogP contribution in [0.15, 0.2) is 42.6 Å². The highest BCUT2D eigenvalue weighted by Gasteiger charge is 2.09. The minimum Gasteiger partial charge on any atom is -0.383 e. The van der Waals surface area contributed by atoms with E-state index in [1.165, 1.54) is 0 Å². The van der Waals surface area contributed by atoms with Gasteiger partial charge in [-0.2, -0.15) is 5.26 Å². The largest absolute Gasteiger partial charge is 0.383 e. The number of nitrogens with zero attached hydrogens (tertiary/aromatic N) is 4. The summed E-state index contributed by atoms with van der Waals surface area (Å²) < 4.78 is 5.12. The van der Waals surface area contributed by atoms with Crippen molar-refractivity contribution >= 4 is 5.82 Å². The van der Waals surface area contributed by atoms with Crippen molar-refractivity contribution in [2.75, 3.05) is 31.7 Å². The number of ether oxygens (including phenoxy) is 1. The van der Waals surface area contributed by atoms with Crippen molar-refractivity contribution in [3.05, 3.63) is 42.6 Å². The predicted molar refractivity (Wildman–Crippen MR) is 81.8 cm³/mol. The summed E-state index contributed by atoms with van der Waals surface area (Å²) >= 11 is 0. The maximum atomic E-state index is 8.78. The molecule has 0 amide bonds. The molecule has 2 rings (SSSR count). The second-order valence-electron chi connectivity index (χ2n) is 4.49. The molecule has 1 aromatic heterocycles. The molecule has 2 aromatic rings. The van der Waals surface area contributed by atoms with Gasteiger partial charge in [0.05, 0.1) is 19.1 Å². The maximum Gasteiger partial charge on any atom is 0.161 e. The van der Waals surface area contributed by atoms with Crippen LogP contribution in [0.4, 0.5) is 5.82 Å². The van der Waals surface area contributed by atoms with Crippen molar-refractivity contribution in [2.45, 2.75) is 6.42 Å². The summed E-state index contributed by atoms with van der Waals surface area (Å²) in [6.07, 6.45) is 2.20. The van der Waals surface area contributed by atoms with Crippen molar-refractivity contribution in [3.63, 3.8) is 0 Å². The van der Waals surface area contributed by atoms with E-state index in [9.17, 15) is 0 Å². The summed E-state index contributed by atoms with van der Waals surface area (Å²) in [7, 11) is 1.66. The molecule has 0 aliphatic rings. The number of aromatic nitrogens is 2. The third-order valence-electron chi connectivity index (χ3n) is 3.06. The standard InChI is InChI=1S/C16H18N4O/c1-21-13-12-20(11-5-9-17)15-8-10-18-16(19-15)14-6-3-2-4-7-14/h2-4,6-8,10H,5,11-13H2,1H3. The van der Waals surface area contributed by atoms with E-state index in [1.54, 1.807) is 13.3 Å². The molecule has 0 N–H and O–H groups in total. The Hall–Kier alpha value is -2.45. The van der Waals surface area contributed by atoms with Crippen molar-refractivity contribution in [1.29, 1.82) is 5.26 Å². The average molecular weight is 282 g/mol. The fraction of sp³-hybridized carbons (Fsp3) is 0.312. The molecular formula is C16H18N4O. The van der Waals surface area contributed by atoms with E-state index in [0.717, 1.165) is 11.4 Å². The average Bonchev–Trinajstić information content (AvgIpc) is 2.56. The lowest BCUT2D eigenvalue weighted by molar-refractivity contribution is 0.205. The molecule has 0 radical (unpaired) electrons. The fourth-order valence-corrected chi connectivity index (χ4v) is 1.98. The Morgan fingerprint density at radius 1 is 1.19 bits per heavy atom. The van der Waals surface area contributed by atoms with Crippen LogP contribution in [0, 0.1) is 11.3 Å². The minimum atomic E-state index is 0.453. The lowest BCUT2D eigenvalue weighted by atomic mass is 10.2. The predicted octanol–water partition coefficient (Wildman–Crippen LogP) is 2.51. The van der Waals surface area contributed by atoms with Crippen LogP contribution >= 0.6 is 0 Å². The molecule has 0 spiro atoms. The topological polar surface area (TPSA) is 62.0 Å². The molecule has 0 atom stereocenters. The molecular weight excluding hydrogens is 264 g/mol. The Morgan fingerprint density at radius 3 is 2.71 bits per heavy atom.